The Kier molecular flexibility index (Phi) is 4.12. The van der Waals surface area contributed by atoms with E-state index in [1.165, 1.54) is 7.11 Å². The maximum Gasteiger partial charge on any atom is 0.328 e. The molecule has 1 heterocycles. The molecule has 6 nitrogen and oxygen atoms in total. The molecular formula is C14H20N4O2. The number of nitrogen functional groups attached to an aromatic ring is 1. The van der Waals surface area contributed by atoms with Crippen molar-refractivity contribution in [1.29, 1.82) is 0 Å². The van der Waals surface area contributed by atoms with E-state index < -0.39 is 6.04 Å². The normalized spacial score (nSPS) is 12.6. The number of anilines is 2. The lowest BCUT2D eigenvalue weighted by molar-refractivity contribution is -0.141. The van der Waals surface area contributed by atoms with Gasteiger partial charge in [0, 0.05) is 5.39 Å². The number of nitrogens with two attached hydrogens (primary N) is 1. The number of hydrogen-bond donors (Lipinski definition) is 3. The van der Waals surface area contributed by atoms with Gasteiger partial charge in [0.1, 0.15) is 6.04 Å². The number of benzene rings is 1. The topological polar surface area (TPSA) is 93.0 Å². The highest BCUT2D eigenvalue weighted by molar-refractivity contribution is 5.90. The molecule has 1 atom stereocenters. The van der Waals surface area contributed by atoms with E-state index in [4.69, 9.17) is 10.5 Å². The smallest absolute Gasteiger partial charge is 0.328 e. The summed E-state index contributed by atoms with van der Waals surface area (Å²) in [5.74, 6) is 0.0755. The van der Waals surface area contributed by atoms with Crippen molar-refractivity contribution in [3.63, 3.8) is 0 Å². The molecule has 0 radical (unpaired) electrons. The molecule has 0 aliphatic rings. The van der Waals surface area contributed by atoms with E-state index in [-0.39, 0.29) is 5.97 Å². The minimum atomic E-state index is -0.414. The number of ether oxygens (including phenoxy) is 1. The van der Waals surface area contributed by atoms with E-state index in [0.717, 1.165) is 10.9 Å². The lowest BCUT2D eigenvalue weighted by Crippen LogP contribution is -2.32. The number of nitrogens with zero attached hydrogens (tertiary/aromatic N) is 1. The van der Waals surface area contributed by atoms with Gasteiger partial charge < -0.3 is 15.8 Å². The van der Waals surface area contributed by atoms with Crippen LogP contribution < -0.4 is 11.1 Å². The molecule has 6 heteroatoms. The molecule has 0 aliphatic heterocycles. The van der Waals surface area contributed by atoms with Crippen molar-refractivity contribution < 1.29 is 9.53 Å². The quantitative estimate of drug-likeness (QED) is 0.574. The van der Waals surface area contributed by atoms with E-state index in [1.54, 1.807) is 6.20 Å². The third-order valence-corrected chi connectivity index (χ3v) is 3.13. The number of aromatic nitrogens is 2. The molecule has 2 rings (SSSR count). The van der Waals surface area contributed by atoms with E-state index in [1.807, 2.05) is 12.1 Å². The average Bonchev–Trinajstić information content (AvgIpc) is 2.83. The highest BCUT2D eigenvalue weighted by atomic mass is 16.5. The van der Waals surface area contributed by atoms with E-state index in [0.29, 0.717) is 23.7 Å². The lowest BCUT2D eigenvalue weighted by Gasteiger charge is -2.20. The Morgan fingerprint density at radius 3 is 2.90 bits per heavy atom. The van der Waals surface area contributed by atoms with Gasteiger partial charge >= 0.3 is 5.97 Å². The number of nitrogens with one attached hydrogen (secondary N) is 2. The number of esters is 1. The van der Waals surface area contributed by atoms with Gasteiger partial charge in [-0.1, -0.05) is 13.8 Å². The van der Waals surface area contributed by atoms with Crippen molar-refractivity contribution in [2.75, 3.05) is 18.2 Å². The van der Waals surface area contributed by atoms with E-state index in [9.17, 15) is 4.79 Å². The zero-order valence-electron chi connectivity index (χ0n) is 11.9. The Morgan fingerprint density at radius 2 is 2.25 bits per heavy atom. The first-order valence-electron chi connectivity index (χ1n) is 6.58. The van der Waals surface area contributed by atoms with E-state index in [2.05, 4.69) is 29.4 Å². The molecule has 2 aromatic rings. The Labute approximate surface area is 117 Å². The van der Waals surface area contributed by atoms with Crippen LogP contribution in [0.15, 0.2) is 18.3 Å². The molecule has 1 aromatic heterocycles. The predicted molar refractivity (Wildman–Crippen MR) is 79.4 cm³/mol. The van der Waals surface area contributed by atoms with Gasteiger partial charge in [-0.15, -0.1) is 0 Å². The van der Waals surface area contributed by atoms with Crippen LogP contribution in [-0.4, -0.2) is 29.3 Å². The number of carbonyl (C=O) groups excluding carboxylic acids is 1. The molecule has 0 fully saturated rings. The molecule has 1 aromatic carbocycles. The van der Waals surface area contributed by atoms with Crippen molar-refractivity contribution in [2.24, 2.45) is 5.92 Å². The molecule has 1 unspecified atom stereocenters. The zero-order chi connectivity index (χ0) is 14.7. The van der Waals surface area contributed by atoms with Crippen LogP contribution in [0.3, 0.4) is 0 Å². The summed E-state index contributed by atoms with van der Waals surface area (Å²) >= 11 is 0. The largest absolute Gasteiger partial charge is 0.467 e. The highest BCUT2D eigenvalue weighted by Gasteiger charge is 2.21. The SMILES string of the molecule is COC(=O)C(CC(C)C)Nc1cc2[nH]ncc2cc1N. The summed E-state index contributed by atoms with van der Waals surface area (Å²) in [6.45, 7) is 4.11. The highest BCUT2D eigenvalue weighted by Crippen LogP contribution is 2.26. The fourth-order valence-electron chi connectivity index (χ4n) is 2.15. The van der Waals surface area contributed by atoms with Crippen LogP contribution in [0.2, 0.25) is 0 Å². The van der Waals surface area contributed by atoms with Crippen molar-refractivity contribution in [3.05, 3.63) is 18.3 Å². The molecular weight excluding hydrogens is 256 g/mol. The molecule has 0 amide bonds. The molecule has 4 N–H and O–H groups in total. The second-order valence-corrected chi connectivity index (χ2v) is 5.25. The zero-order valence-corrected chi connectivity index (χ0v) is 11.9. The van der Waals surface area contributed by atoms with Crippen LogP contribution in [0.4, 0.5) is 11.4 Å². The fraction of sp³-hybridized carbons (Fsp3) is 0.429. The van der Waals surface area contributed by atoms with Crippen LogP contribution in [0.25, 0.3) is 10.9 Å². The number of hydrogen-bond acceptors (Lipinski definition) is 5. The Morgan fingerprint density at radius 1 is 1.50 bits per heavy atom. The van der Waals surface area contributed by atoms with Crippen molar-refractivity contribution in [3.8, 4) is 0 Å². The van der Waals surface area contributed by atoms with Crippen molar-refractivity contribution in [1.82, 2.24) is 10.2 Å². The van der Waals surface area contributed by atoms with Crippen molar-refractivity contribution in [2.45, 2.75) is 26.3 Å². The number of fused-ring (bicyclic) bond motifs is 1. The minimum absolute atomic E-state index is 0.289. The summed E-state index contributed by atoms with van der Waals surface area (Å²) in [6.07, 6.45) is 2.38. The van der Waals surface area contributed by atoms with Crippen LogP contribution >= 0.6 is 0 Å². The first kappa shape index (κ1) is 14.2. The molecule has 0 saturated heterocycles. The molecule has 0 spiro atoms. The van der Waals surface area contributed by atoms with Gasteiger partial charge in [-0.2, -0.15) is 5.10 Å². The Hall–Kier alpha value is -2.24. The maximum atomic E-state index is 11.8. The van der Waals surface area contributed by atoms with Gasteiger partial charge in [0.15, 0.2) is 0 Å². The molecule has 0 aliphatic carbocycles. The van der Waals surface area contributed by atoms with E-state index >= 15 is 0 Å². The van der Waals surface area contributed by atoms with Crippen molar-refractivity contribution >= 4 is 28.2 Å². The number of aromatic amines is 1. The van der Waals surface area contributed by atoms with Gasteiger partial charge in [-0.05, 0) is 24.5 Å². The number of carbonyl (C=O) groups is 1. The summed E-state index contributed by atoms with van der Waals surface area (Å²) in [5, 5.41) is 10.9. The summed E-state index contributed by atoms with van der Waals surface area (Å²) in [7, 11) is 1.39. The molecule has 0 saturated carbocycles. The average molecular weight is 276 g/mol. The second kappa shape index (κ2) is 5.81. The maximum absolute atomic E-state index is 11.8. The summed E-state index contributed by atoms with van der Waals surface area (Å²) < 4.78 is 4.84. The van der Waals surface area contributed by atoms with Gasteiger partial charge in [-0.25, -0.2) is 4.79 Å². The van der Waals surface area contributed by atoms with Gasteiger partial charge in [0.2, 0.25) is 0 Å². The van der Waals surface area contributed by atoms with Crippen LogP contribution in [0.5, 0.6) is 0 Å². The monoisotopic (exact) mass is 276 g/mol. The molecule has 108 valence electrons. The summed E-state index contributed by atoms with van der Waals surface area (Å²) in [4.78, 5) is 11.8. The number of rotatable bonds is 5. The molecule has 20 heavy (non-hydrogen) atoms. The number of H-pyrrole nitrogens is 1. The predicted octanol–water partition coefficient (Wildman–Crippen LogP) is 2.14. The molecule has 0 bridgehead atoms. The number of methoxy groups -OCH3 is 1. The van der Waals surface area contributed by atoms with Crippen LogP contribution in [-0.2, 0) is 9.53 Å². The second-order valence-electron chi connectivity index (χ2n) is 5.25. The van der Waals surface area contributed by atoms with Crippen LogP contribution in [0, 0.1) is 5.92 Å². The standard InChI is InChI=1S/C14H20N4O2/c1-8(2)4-13(14(19)20-3)17-12-6-11-9(5-10(12)15)7-16-18-11/h5-8,13,17H,4,15H2,1-3H3,(H,16,18). The fourth-order valence-corrected chi connectivity index (χ4v) is 2.15. The third-order valence-electron chi connectivity index (χ3n) is 3.13. The van der Waals surface area contributed by atoms with Gasteiger partial charge in [-0.3, -0.25) is 5.10 Å². The summed E-state index contributed by atoms with van der Waals surface area (Å²) in [6, 6.07) is 3.27. The van der Waals surface area contributed by atoms with Gasteiger partial charge in [0.25, 0.3) is 0 Å². The Balaban J connectivity index is 2.26. The van der Waals surface area contributed by atoms with Gasteiger partial charge in [0.05, 0.1) is 30.2 Å². The first-order chi connectivity index (χ1) is 9.51. The first-order valence-corrected chi connectivity index (χ1v) is 6.58. The Bertz CT molecular complexity index is 606. The summed E-state index contributed by atoms with van der Waals surface area (Å²) in [5.41, 5.74) is 8.17. The third kappa shape index (κ3) is 3.01. The minimum Gasteiger partial charge on any atom is -0.467 e. The lowest BCUT2D eigenvalue weighted by atomic mass is 10.0. The van der Waals surface area contributed by atoms with Crippen LogP contribution in [0.1, 0.15) is 20.3 Å².